The monoisotopic (exact) mass is 344 g/mol. The molecule has 0 saturated carbocycles. The Kier molecular flexibility index (Phi) is 5.58. The first-order valence-corrected chi connectivity index (χ1v) is 9.17. The second kappa shape index (κ2) is 7.87. The van der Waals surface area contributed by atoms with E-state index in [0.717, 1.165) is 30.2 Å². The molecular weight excluding hydrogens is 316 g/mol. The van der Waals surface area contributed by atoms with Gasteiger partial charge in [-0.1, -0.05) is 6.42 Å². The summed E-state index contributed by atoms with van der Waals surface area (Å²) in [5, 5.41) is 7.30. The van der Waals surface area contributed by atoms with Crippen molar-refractivity contribution in [3.63, 3.8) is 0 Å². The van der Waals surface area contributed by atoms with Crippen molar-refractivity contribution >= 4 is 5.91 Å². The Balaban J connectivity index is 1.52. The van der Waals surface area contributed by atoms with E-state index >= 15 is 0 Å². The molecule has 1 fully saturated rings. The molecule has 1 saturated heterocycles. The SMILES string of the molecule is Cc1cc(C)n(CCNC(=O)c2ccc([C@H](C)N3CCCCC3)o2)n1. The molecule has 0 unspecified atom stereocenters. The molecule has 3 rings (SSSR count). The van der Waals surface area contributed by atoms with Crippen molar-refractivity contribution in [3.05, 3.63) is 41.1 Å². The molecule has 0 bridgehead atoms. The van der Waals surface area contributed by atoms with Crippen molar-refractivity contribution in [2.24, 2.45) is 0 Å². The molecular formula is C19H28N4O2. The third kappa shape index (κ3) is 4.31. The molecule has 136 valence electrons. The normalized spacial score (nSPS) is 16.8. The maximum Gasteiger partial charge on any atom is 0.287 e. The summed E-state index contributed by atoms with van der Waals surface area (Å²) in [6.45, 7) is 9.52. The second-order valence-corrected chi connectivity index (χ2v) is 6.88. The minimum Gasteiger partial charge on any atom is -0.454 e. The van der Waals surface area contributed by atoms with Gasteiger partial charge in [0.15, 0.2) is 5.76 Å². The number of amides is 1. The van der Waals surface area contributed by atoms with E-state index in [2.05, 4.69) is 22.2 Å². The Hall–Kier alpha value is -2.08. The van der Waals surface area contributed by atoms with Gasteiger partial charge in [0.1, 0.15) is 5.76 Å². The number of nitrogens with one attached hydrogen (secondary N) is 1. The van der Waals surface area contributed by atoms with Gasteiger partial charge in [0, 0.05) is 12.2 Å². The fourth-order valence-corrected chi connectivity index (χ4v) is 3.45. The summed E-state index contributed by atoms with van der Waals surface area (Å²) >= 11 is 0. The standard InChI is InChI=1S/C19H28N4O2/c1-14-13-15(2)23(21-14)12-9-20-19(24)18-8-7-17(25-18)16(3)22-10-5-4-6-11-22/h7-8,13,16H,4-6,9-12H2,1-3H3,(H,20,24)/t16-/m0/s1. The lowest BCUT2D eigenvalue weighted by Crippen LogP contribution is -2.32. The van der Waals surface area contributed by atoms with Crippen LogP contribution in [0.5, 0.6) is 0 Å². The average Bonchev–Trinajstić information content (AvgIpc) is 3.22. The summed E-state index contributed by atoms with van der Waals surface area (Å²) in [6.07, 6.45) is 3.79. The number of aromatic nitrogens is 2. The van der Waals surface area contributed by atoms with Gasteiger partial charge in [-0.3, -0.25) is 14.4 Å². The fourth-order valence-electron chi connectivity index (χ4n) is 3.45. The molecule has 25 heavy (non-hydrogen) atoms. The largest absolute Gasteiger partial charge is 0.454 e. The van der Waals surface area contributed by atoms with E-state index in [0.29, 0.717) is 18.8 Å². The minimum absolute atomic E-state index is 0.168. The van der Waals surface area contributed by atoms with Crippen LogP contribution in [0.15, 0.2) is 22.6 Å². The van der Waals surface area contributed by atoms with Crippen LogP contribution >= 0.6 is 0 Å². The topological polar surface area (TPSA) is 63.3 Å². The molecule has 6 nitrogen and oxygen atoms in total. The lowest BCUT2D eigenvalue weighted by molar-refractivity contribution is 0.0915. The first-order valence-electron chi connectivity index (χ1n) is 9.17. The number of carbonyl (C=O) groups is 1. The minimum atomic E-state index is -0.168. The van der Waals surface area contributed by atoms with Gasteiger partial charge < -0.3 is 9.73 Å². The lowest BCUT2D eigenvalue weighted by Gasteiger charge is -2.31. The zero-order valence-electron chi connectivity index (χ0n) is 15.4. The van der Waals surface area contributed by atoms with E-state index in [1.165, 1.54) is 19.3 Å². The number of piperidine rings is 1. The molecule has 2 aromatic rings. The molecule has 0 aliphatic carbocycles. The molecule has 2 aromatic heterocycles. The molecule has 1 N–H and O–H groups in total. The molecule has 3 heterocycles. The Morgan fingerprint density at radius 3 is 2.72 bits per heavy atom. The highest BCUT2D eigenvalue weighted by Crippen LogP contribution is 2.25. The van der Waals surface area contributed by atoms with E-state index < -0.39 is 0 Å². The van der Waals surface area contributed by atoms with Gasteiger partial charge in [0.25, 0.3) is 5.91 Å². The van der Waals surface area contributed by atoms with Gasteiger partial charge in [0.2, 0.25) is 0 Å². The summed E-state index contributed by atoms with van der Waals surface area (Å²) in [5.74, 6) is 1.08. The predicted molar refractivity (Wildman–Crippen MR) is 96.6 cm³/mol. The first-order chi connectivity index (χ1) is 12.0. The average molecular weight is 344 g/mol. The fraction of sp³-hybridized carbons (Fsp3) is 0.579. The van der Waals surface area contributed by atoms with Gasteiger partial charge >= 0.3 is 0 Å². The van der Waals surface area contributed by atoms with Gasteiger partial charge in [0.05, 0.1) is 18.3 Å². The van der Waals surface area contributed by atoms with E-state index in [1.807, 2.05) is 30.7 Å². The van der Waals surface area contributed by atoms with Crippen LogP contribution in [0.3, 0.4) is 0 Å². The number of aryl methyl sites for hydroxylation is 2. The van der Waals surface area contributed by atoms with Gasteiger partial charge in [-0.2, -0.15) is 5.10 Å². The summed E-state index contributed by atoms with van der Waals surface area (Å²) in [6, 6.07) is 5.95. The van der Waals surface area contributed by atoms with Crippen molar-refractivity contribution in [2.75, 3.05) is 19.6 Å². The summed E-state index contributed by atoms with van der Waals surface area (Å²) in [7, 11) is 0. The first kappa shape index (κ1) is 17.7. The van der Waals surface area contributed by atoms with Crippen molar-refractivity contribution in [1.29, 1.82) is 0 Å². The number of hydrogen-bond donors (Lipinski definition) is 1. The van der Waals surface area contributed by atoms with Crippen LogP contribution in [0.4, 0.5) is 0 Å². The van der Waals surface area contributed by atoms with E-state index in [-0.39, 0.29) is 11.9 Å². The number of furan rings is 1. The zero-order chi connectivity index (χ0) is 17.8. The van der Waals surface area contributed by atoms with E-state index in [1.54, 1.807) is 6.07 Å². The third-order valence-corrected chi connectivity index (χ3v) is 4.91. The van der Waals surface area contributed by atoms with Crippen LogP contribution in [0.1, 0.15) is 59.9 Å². The summed E-state index contributed by atoms with van der Waals surface area (Å²) < 4.78 is 7.72. The number of hydrogen-bond acceptors (Lipinski definition) is 4. The highest BCUT2D eigenvalue weighted by molar-refractivity contribution is 5.91. The third-order valence-electron chi connectivity index (χ3n) is 4.91. The lowest BCUT2D eigenvalue weighted by atomic mass is 10.1. The highest BCUT2D eigenvalue weighted by Gasteiger charge is 2.22. The van der Waals surface area contributed by atoms with Gasteiger partial charge in [-0.05, 0) is 64.9 Å². The van der Waals surface area contributed by atoms with Crippen molar-refractivity contribution in [1.82, 2.24) is 20.0 Å². The maximum atomic E-state index is 12.3. The molecule has 0 spiro atoms. The predicted octanol–water partition coefficient (Wildman–Crippen LogP) is 3.07. The van der Waals surface area contributed by atoms with E-state index in [9.17, 15) is 4.79 Å². The van der Waals surface area contributed by atoms with Gasteiger partial charge in [-0.15, -0.1) is 0 Å². The quantitative estimate of drug-likeness (QED) is 0.875. The molecule has 1 atom stereocenters. The Morgan fingerprint density at radius 2 is 2.04 bits per heavy atom. The molecule has 1 amide bonds. The number of carbonyl (C=O) groups excluding carboxylic acids is 1. The molecule has 6 heteroatoms. The van der Waals surface area contributed by atoms with Crippen molar-refractivity contribution in [3.8, 4) is 0 Å². The van der Waals surface area contributed by atoms with Gasteiger partial charge in [-0.25, -0.2) is 0 Å². The van der Waals surface area contributed by atoms with Crippen LogP contribution in [0.25, 0.3) is 0 Å². The number of likely N-dealkylation sites (tertiary alicyclic amines) is 1. The highest BCUT2D eigenvalue weighted by atomic mass is 16.4. The maximum absolute atomic E-state index is 12.3. The smallest absolute Gasteiger partial charge is 0.287 e. The Labute approximate surface area is 149 Å². The molecule has 1 aliphatic rings. The molecule has 0 aromatic carbocycles. The van der Waals surface area contributed by atoms with Crippen LogP contribution in [0.2, 0.25) is 0 Å². The van der Waals surface area contributed by atoms with Crippen molar-refractivity contribution in [2.45, 2.75) is 52.6 Å². The zero-order valence-corrected chi connectivity index (χ0v) is 15.4. The van der Waals surface area contributed by atoms with Crippen molar-refractivity contribution < 1.29 is 9.21 Å². The second-order valence-electron chi connectivity index (χ2n) is 6.88. The molecule has 0 radical (unpaired) electrons. The molecule has 1 aliphatic heterocycles. The summed E-state index contributed by atoms with van der Waals surface area (Å²) in [4.78, 5) is 14.7. The number of rotatable bonds is 6. The summed E-state index contributed by atoms with van der Waals surface area (Å²) in [5.41, 5.74) is 2.09. The van der Waals surface area contributed by atoms with Crippen LogP contribution in [-0.2, 0) is 6.54 Å². The van der Waals surface area contributed by atoms with E-state index in [4.69, 9.17) is 4.42 Å². The van der Waals surface area contributed by atoms with Crippen LogP contribution in [0, 0.1) is 13.8 Å². The van der Waals surface area contributed by atoms with Crippen LogP contribution in [-0.4, -0.2) is 40.2 Å². The number of nitrogens with zero attached hydrogens (tertiary/aromatic N) is 3. The Bertz CT molecular complexity index is 713. The van der Waals surface area contributed by atoms with Crippen LogP contribution < -0.4 is 5.32 Å². The Morgan fingerprint density at radius 1 is 1.28 bits per heavy atom.